The van der Waals surface area contributed by atoms with Gasteiger partial charge in [-0.2, -0.15) is 0 Å². The molecule has 5 heteroatoms. The van der Waals surface area contributed by atoms with Crippen LogP contribution in [0.2, 0.25) is 0 Å². The maximum atomic E-state index is 13.8. The lowest BCUT2D eigenvalue weighted by Crippen LogP contribution is -2.56. The topological polar surface area (TPSA) is 26.8 Å². The molecule has 1 fully saturated rings. The van der Waals surface area contributed by atoms with Gasteiger partial charge in [0.2, 0.25) is 0 Å². The number of benzene rings is 3. The fourth-order valence-electron chi connectivity index (χ4n) is 5.39. The summed E-state index contributed by atoms with van der Waals surface area (Å²) in [6, 6.07) is 26.4. The van der Waals surface area contributed by atoms with Crippen molar-refractivity contribution in [2.45, 2.75) is 52.4 Å². The van der Waals surface area contributed by atoms with E-state index in [1.165, 1.54) is 17.2 Å². The van der Waals surface area contributed by atoms with Gasteiger partial charge in [0.05, 0.1) is 6.04 Å². The summed E-state index contributed by atoms with van der Waals surface area (Å²) in [5, 5.41) is 0. The third-order valence-corrected chi connectivity index (χ3v) is 7.41. The maximum Gasteiger partial charge on any atom is 0.253 e. The molecular formula is C31H38FN3O. The molecule has 190 valence electrons. The van der Waals surface area contributed by atoms with E-state index in [1.54, 1.807) is 12.1 Å². The smallest absolute Gasteiger partial charge is 0.253 e. The molecule has 1 aliphatic rings. The number of nitrogens with zero attached hydrogens (tertiary/aromatic N) is 3. The zero-order valence-corrected chi connectivity index (χ0v) is 21.9. The molecule has 36 heavy (non-hydrogen) atoms. The van der Waals surface area contributed by atoms with Gasteiger partial charge < -0.3 is 4.90 Å². The maximum absolute atomic E-state index is 13.8. The number of halogens is 1. The van der Waals surface area contributed by atoms with E-state index in [-0.39, 0.29) is 17.8 Å². The first-order valence-corrected chi connectivity index (χ1v) is 13.1. The second kappa shape index (κ2) is 11.8. The van der Waals surface area contributed by atoms with E-state index in [0.717, 1.165) is 30.8 Å². The molecule has 0 aliphatic carbocycles. The lowest BCUT2D eigenvalue weighted by atomic mass is 9.92. The van der Waals surface area contributed by atoms with Crippen LogP contribution in [-0.2, 0) is 6.54 Å². The van der Waals surface area contributed by atoms with E-state index in [9.17, 15) is 9.18 Å². The van der Waals surface area contributed by atoms with Gasteiger partial charge in [-0.25, -0.2) is 4.39 Å². The Morgan fingerprint density at radius 1 is 0.889 bits per heavy atom. The summed E-state index contributed by atoms with van der Waals surface area (Å²) in [5.74, 6) is -0.102. The molecule has 1 saturated heterocycles. The number of hydrogen-bond acceptors (Lipinski definition) is 3. The highest BCUT2D eigenvalue weighted by molar-refractivity contribution is 5.94. The molecule has 0 bridgehead atoms. The van der Waals surface area contributed by atoms with E-state index >= 15 is 0 Å². The van der Waals surface area contributed by atoms with Crippen molar-refractivity contribution in [1.82, 2.24) is 14.7 Å². The van der Waals surface area contributed by atoms with E-state index in [0.29, 0.717) is 25.2 Å². The first-order chi connectivity index (χ1) is 17.4. The minimum Gasteiger partial charge on any atom is -0.339 e. The largest absolute Gasteiger partial charge is 0.339 e. The highest BCUT2D eigenvalue weighted by atomic mass is 19.1. The summed E-state index contributed by atoms with van der Waals surface area (Å²) in [5.41, 5.74) is 4.18. The van der Waals surface area contributed by atoms with Gasteiger partial charge in [-0.1, -0.05) is 54.6 Å². The van der Waals surface area contributed by atoms with Crippen molar-refractivity contribution in [1.29, 1.82) is 0 Å². The van der Waals surface area contributed by atoms with E-state index in [1.807, 2.05) is 36.9 Å². The predicted octanol–water partition coefficient (Wildman–Crippen LogP) is 5.99. The van der Waals surface area contributed by atoms with Crippen molar-refractivity contribution in [3.63, 3.8) is 0 Å². The van der Waals surface area contributed by atoms with Crippen LogP contribution >= 0.6 is 0 Å². The summed E-state index contributed by atoms with van der Waals surface area (Å²) in [7, 11) is 0. The molecule has 0 radical (unpaired) electrons. The van der Waals surface area contributed by atoms with Gasteiger partial charge in [-0.15, -0.1) is 0 Å². The van der Waals surface area contributed by atoms with Crippen LogP contribution in [0.15, 0.2) is 78.9 Å². The van der Waals surface area contributed by atoms with Gasteiger partial charge in [0.25, 0.3) is 5.91 Å². The zero-order chi connectivity index (χ0) is 25.7. The molecule has 3 aromatic rings. The molecule has 4 rings (SSSR count). The van der Waals surface area contributed by atoms with E-state index in [2.05, 4.69) is 66.1 Å². The van der Waals surface area contributed by atoms with Gasteiger partial charge in [0.15, 0.2) is 0 Å². The first-order valence-electron chi connectivity index (χ1n) is 13.1. The Morgan fingerprint density at radius 2 is 1.56 bits per heavy atom. The van der Waals surface area contributed by atoms with Gasteiger partial charge in [-0.05, 0) is 68.7 Å². The molecule has 1 amide bonds. The summed E-state index contributed by atoms with van der Waals surface area (Å²) < 4.78 is 13.8. The summed E-state index contributed by atoms with van der Waals surface area (Å²) in [4.78, 5) is 19.7. The molecule has 0 saturated carbocycles. The highest BCUT2D eigenvalue weighted by Gasteiger charge is 2.34. The number of rotatable bonds is 8. The van der Waals surface area contributed by atoms with Gasteiger partial charge in [0.1, 0.15) is 5.82 Å². The molecule has 0 N–H and O–H groups in total. The first kappa shape index (κ1) is 26.1. The molecule has 0 spiro atoms. The Bertz CT molecular complexity index is 1130. The summed E-state index contributed by atoms with van der Waals surface area (Å²) in [6.45, 7) is 12.5. The molecule has 0 aromatic heterocycles. The summed E-state index contributed by atoms with van der Waals surface area (Å²) in [6.07, 6.45) is 0. The lowest BCUT2D eigenvalue weighted by Gasteiger charge is -2.47. The molecule has 1 heterocycles. The Hall–Kier alpha value is -3.02. The number of piperazine rings is 1. The van der Waals surface area contributed by atoms with Crippen molar-refractivity contribution in [3.05, 3.63) is 107 Å². The molecule has 1 unspecified atom stereocenters. The van der Waals surface area contributed by atoms with Crippen molar-refractivity contribution >= 4 is 5.91 Å². The van der Waals surface area contributed by atoms with E-state index in [4.69, 9.17) is 0 Å². The average molecular weight is 488 g/mol. The molecule has 3 aromatic carbocycles. The van der Waals surface area contributed by atoms with Crippen molar-refractivity contribution < 1.29 is 9.18 Å². The lowest BCUT2D eigenvalue weighted by molar-refractivity contribution is 0.0195. The van der Waals surface area contributed by atoms with Crippen LogP contribution in [0.25, 0.3) is 0 Å². The van der Waals surface area contributed by atoms with E-state index < -0.39 is 0 Å². The van der Waals surface area contributed by atoms with Crippen molar-refractivity contribution in [2.24, 2.45) is 0 Å². The van der Waals surface area contributed by atoms with Gasteiger partial charge >= 0.3 is 0 Å². The predicted molar refractivity (Wildman–Crippen MR) is 144 cm³/mol. The van der Waals surface area contributed by atoms with Gasteiger partial charge in [-0.3, -0.25) is 14.6 Å². The molecular weight excluding hydrogens is 449 g/mol. The second-order valence-corrected chi connectivity index (χ2v) is 9.87. The minimum atomic E-state index is -0.182. The third-order valence-electron chi connectivity index (χ3n) is 7.41. The number of amides is 1. The average Bonchev–Trinajstić information content (AvgIpc) is 2.89. The quantitative estimate of drug-likeness (QED) is 0.390. The van der Waals surface area contributed by atoms with Crippen LogP contribution in [0.5, 0.6) is 0 Å². The Morgan fingerprint density at radius 3 is 2.19 bits per heavy atom. The van der Waals surface area contributed by atoms with Crippen LogP contribution < -0.4 is 0 Å². The van der Waals surface area contributed by atoms with Crippen LogP contribution in [0, 0.1) is 5.82 Å². The zero-order valence-electron chi connectivity index (χ0n) is 21.9. The summed E-state index contributed by atoms with van der Waals surface area (Å²) >= 11 is 0. The molecule has 3 atom stereocenters. The van der Waals surface area contributed by atoms with Crippen LogP contribution in [0.3, 0.4) is 0 Å². The Kier molecular flexibility index (Phi) is 8.55. The van der Waals surface area contributed by atoms with Crippen LogP contribution in [-0.4, -0.2) is 58.9 Å². The number of carbonyl (C=O) groups is 1. The van der Waals surface area contributed by atoms with Crippen molar-refractivity contribution in [2.75, 3.05) is 26.2 Å². The number of hydrogen-bond donors (Lipinski definition) is 0. The highest BCUT2D eigenvalue weighted by Crippen LogP contribution is 2.34. The third kappa shape index (κ3) is 5.85. The second-order valence-electron chi connectivity index (χ2n) is 9.87. The van der Waals surface area contributed by atoms with Crippen LogP contribution in [0.1, 0.15) is 60.8 Å². The minimum absolute atomic E-state index is 0.0794. The van der Waals surface area contributed by atoms with Crippen molar-refractivity contribution in [3.8, 4) is 0 Å². The Labute approximate surface area is 215 Å². The normalized spacial score (nSPS) is 19.7. The Balaban J connectivity index is 1.58. The fourth-order valence-corrected chi connectivity index (χ4v) is 5.39. The molecule has 1 aliphatic heterocycles. The fraction of sp³-hybridized carbons (Fsp3) is 0.387. The standard InChI is InChI=1S/C31H38FN3O/c1-5-33(6-2)31(36)28-17-15-27(16-18-28)30(26-12-8-7-9-13-26)35-21-23(3)34(20-24(35)4)22-25-11-10-14-29(32)19-25/h7-19,23-24,30H,5-6,20-22H2,1-4H3/t23-,24+,30?/m0/s1. The van der Waals surface area contributed by atoms with Crippen LogP contribution in [0.4, 0.5) is 4.39 Å². The van der Waals surface area contributed by atoms with Gasteiger partial charge in [0, 0.05) is 50.4 Å². The number of carbonyl (C=O) groups excluding carboxylic acids is 1. The SMILES string of the molecule is CCN(CC)C(=O)c1ccc(C(c2ccccc2)N2C[C@H](C)N(Cc3cccc(F)c3)C[C@H]2C)cc1. The monoisotopic (exact) mass is 487 g/mol. The molecule has 4 nitrogen and oxygen atoms in total.